The molecule has 22 heavy (non-hydrogen) atoms. The number of likely N-dealkylation sites (N-methyl/N-ethyl adjacent to an activating group) is 1. The summed E-state index contributed by atoms with van der Waals surface area (Å²) >= 11 is 0. The Balaban J connectivity index is -0.000000277. The van der Waals surface area contributed by atoms with Crippen LogP contribution < -0.4 is 16.8 Å². The second-order valence-electron chi connectivity index (χ2n) is 4.03. The van der Waals surface area contributed by atoms with Gasteiger partial charge in [-0.25, -0.2) is 0 Å². The molecule has 11 nitrogen and oxygen atoms in total. The lowest BCUT2D eigenvalue weighted by Gasteiger charge is -2.07. The van der Waals surface area contributed by atoms with Gasteiger partial charge >= 0.3 is 17.9 Å². The van der Waals surface area contributed by atoms with E-state index in [0.29, 0.717) is 0 Å². The van der Waals surface area contributed by atoms with Crippen molar-refractivity contribution in [2.75, 3.05) is 33.0 Å². The van der Waals surface area contributed by atoms with Crippen LogP contribution in [0.25, 0.3) is 0 Å². The third-order valence-electron chi connectivity index (χ3n) is 1.67. The number of nitrogens with two attached hydrogens (primary N) is 2. The summed E-state index contributed by atoms with van der Waals surface area (Å²) in [5.74, 6) is -2.93. The normalized spacial score (nSPS) is 13.3. The molecule has 0 fully saturated rings. The first-order valence-electron chi connectivity index (χ1n) is 5.93. The molecule has 2 atom stereocenters. The molecule has 9 N–H and O–H groups in total. The highest BCUT2D eigenvalue weighted by Gasteiger charge is 2.16. The van der Waals surface area contributed by atoms with Crippen LogP contribution in [0.5, 0.6) is 0 Å². The second-order valence-corrected chi connectivity index (χ2v) is 6.58. The molecule has 0 saturated carbocycles. The van der Waals surface area contributed by atoms with Crippen LogP contribution in [0.1, 0.15) is 6.42 Å². The van der Waals surface area contributed by atoms with E-state index in [1.54, 1.807) is 7.05 Å². The van der Waals surface area contributed by atoms with E-state index in [0.717, 1.165) is 0 Å². The van der Waals surface area contributed by atoms with Crippen molar-refractivity contribution in [2.45, 2.75) is 12.5 Å². The van der Waals surface area contributed by atoms with Gasteiger partial charge in [0.2, 0.25) is 0 Å². The molecule has 0 radical (unpaired) electrons. The van der Waals surface area contributed by atoms with Gasteiger partial charge in [-0.2, -0.15) is 0 Å². The summed E-state index contributed by atoms with van der Waals surface area (Å²) in [6, 6.07) is -1.03. The van der Waals surface area contributed by atoms with Crippen LogP contribution in [0.15, 0.2) is 0 Å². The molecule has 0 bridgehead atoms. The Kier molecular flexibility index (Phi) is 16.7. The van der Waals surface area contributed by atoms with Crippen LogP contribution in [-0.4, -0.2) is 77.1 Å². The topological polar surface area (TPSA) is 213 Å². The van der Waals surface area contributed by atoms with Gasteiger partial charge < -0.3 is 37.0 Å². The minimum atomic E-state index is -3.10. The zero-order valence-electron chi connectivity index (χ0n) is 12.4. The summed E-state index contributed by atoms with van der Waals surface area (Å²) in [6.07, 6.45) is 0.0000772. The lowest BCUT2D eigenvalue weighted by Crippen LogP contribution is -2.30. The first kappa shape index (κ1) is 25.4. The molecule has 0 aliphatic carbocycles. The Morgan fingerprint density at radius 3 is 1.73 bits per heavy atom. The van der Waals surface area contributed by atoms with Gasteiger partial charge in [0.1, 0.15) is 6.04 Å². The minimum Gasteiger partial charge on any atom is -0.480 e. The van der Waals surface area contributed by atoms with Gasteiger partial charge in [0.25, 0.3) is 0 Å². The Bertz CT molecular complexity index is 384. The summed E-state index contributed by atoms with van der Waals surface area (Å²) in [4.78, 5) is 37.7. The summed E-state index contributed by atoms with van der Waals surface area (Å²) in [5.41, 5.74) is 9.66. The number of hydrogen-bond acceptors (Lipinski definition) is 7. The number of carboxylic acid groups (broad SMARTS) is 3. The first-order valence-corrected chi connectivity index (χ1v) is 8.22. The monoisotopic (exact) mass is 345 g/mol. The quantitative estimate of drug-likeness (QED) is 0.251. The van der Waals surface area contributed by atoms with Crippen LogP contribution in [0.2, 0.25) is 0 Å². The van der Waals surface area contributed by atoms with Crippen molar-refractivity contribution >= 4 is 25.3 Å². The largest absolute Gasteiger partial charge is 0.480 e. The molecule has 0 heterocycles. The van der Waals surface area contributed by atoms with Crippen molar-refractivity contribution < 1.29 is 39.2 Å². The van der Waals surface area contributed by atoms with E-state index in [1.807, 2.05) is 0 Å². The highest BCUT2D eigenvalue weighted by atomic mass is 31.2. The highest BCUT2D eigenvalue weighted by Crippen LogP contribution is 2.35. The van der Waals surface area contributed by atoms with E-state index in [9.17, 15) is 18.9 Å². The van der Waals surface area contributed by atoms with Crippen molar-refractivity contribution in [1.29, 1.82) is 0 Å². The fraction of sp³-hybridized carbons (Fsp3) is 0.700. The fourth-order valence-corrected chi connectivity index (χ4v) is 1.41. The summed E-state index contributed by atoms with van der Waals surface area (Å²) in [7, 11) is -1.51. The van der Waals surface area contributed by atoms with E-state index in [1.165, 1.54) is 6.66 Å². The molecule has 1 unspecified atom stereocenters. The molecule has 0 spiro atoms. The molecule has 132 valence electrons. The summed E-state index contributed by atoms with van der Waals surface area (Å²) in [6.45, 7) is 0.946. The number of hydrogen-bond donors (Lipinski definition) is 7. The Hall–Kier alpha value is -1.52. The number of aliphatic carboxylic acids is 3. The average molecular weight is 345 g/mol. The lowest BCUT2D eigenvalue weighted by molar-refractivity contribution is -0.139. The average Bonchev–Trinajstić information content (AvgIpc) is 2.36. The van der Waals surface area contributed by atoms with Crippen molar-refractivity contribution in [2.24, 2.45) is 11.5 Å². The molecule has 0 aromatic rings. The molecule has 0 saturated heterocycles. The number of carbonyl (C=O) groups is 3. The van der Waals surface area contributed by atoms with Crippen molar-refractivity contribution in [3.05, 3.63) is 0 Å². The van der Waals surface area contributed by atoms with Crippen molar-refractivity contribution in [3.8, 4) is 0 Å². The van der Waals surface area contributed by atoms with Crippen molar-refractivity contribution in [1.82, 2.24) is 5.32 Å². The van der Waals surface area contributed by atoms with Gasteiger partial charge in [-0.1, -0.05) is 0 Å². The van der Waals surface area contributed by atoms with E-state index in [4.69, 9.17) is 25.9 Å². The fourth-order valence-electron chi connectivity index (χ4n) is 0.653. The SMILES string of the molecule is CNCC(=O)O.CP(=O)(O)CC[C@H](N)C(=O)O.NCC(=O)O. The predicted molar refractivity (Wildman–Crippen MR) is 79.1 cm³/mol. The van der Waals surface area contributed by atoms with Crippen LogP contribution in [0.3, 0.4) is 0 Å². The molecule has 12 heteroatoms. The highest BCUT2D eigenvalue weighted by molar-refractivity contribution is 7.57. The number of nitrogens with one attached hydrogen (secondary N) is 1. The Labute approximate surface area is 127 Å². The molecule has 0 aromatic carbocycles. The van der Waals surface area contributed by atoms with Crippen molar-refractivity contribution in [3.63, 3.8) is 0 Å². The maximum absolute atomic E-state index is 10.6. The molecule has 0 amide bonds. The predicted octanol–water partition coefficient (Wildman–Crippen LogP) is -1.99. The smallest absolute Gasteiger partial charge is 0.320 e. The zero-order chi connectivity index (χ0) is 18.3. The van der Waals surface area contributed by atoms with Crippen LogP contribution in [0.4, 0.5) is 0 Å². The van der Waals surface area contributed by atoms with Gasteiger partial charge in [0.05, 0.1) is 13.1 Å². The number of rotatable bonds is 7. The Morgan fingerprint density at radius 2 is 1.59 bits per heavy atom. The van der Waals surface area contributed by atoms with E-state index >= 15 is 0 Å². The second kappa shape index (κ2) is 14.4. The van der Waals surface area contributed by atoms with E-state index in [-0.39, 0.29) is 25.7 Å². The standard InChI is InChI=1S/C5H12NO4P.C3H7NO2.C2H5NO2/c1-11(9,10)3-2-4(6)5(7)8;1-4-2-3(5)6;3-1-2(4)5/h4H,2-3,6H2,1H3,(H,7,8)(H,9,10);4H,2H2,1H3,(H,5,6);1,3H2,(H,4,5)/t4-;;/m0../s1. The number of carboxylic acids is 3. The van der Waals surface area contributed by atoms with Crippen LogP contribution in [-0.2, 0) is 18.9 Å². The minimum absolute atomic E-state index is 0.0412. The molecule has 0 aliphatic rings. The molecule has 0 aliphatic heterocycles. The first-order chi connectivity index (χ1) is 9.87. The van der Waals surface area contributed by atoms with E-state index in [2.05, 4.69) is 11.1 Å². The molecular weight excluding hydrogens is 321 g/mol. The van der Waals surface area contributed by atoms with Gasteiger partial charge in [0.15, 0.2) is 7.37 Å². The molecule has 0 aromatic heterocycles. The zero-order valence-corrected chi connectivity index (χ0v) is 13.3. The lowest BCUT2D eigenvalue weighted by atomic mass is 10.2. The molecular formula is C10H24N3O8P. The van der Waals surface area contributed by atoms with E-state index < -0.39 is 31.3 Å². The molecule has 0 rings (SSSR count). The van der Waals surface area contributed by atoms with Gasteiger partial charge in [-0.05, 0) is 13.5 Å². The van der Waals surface area contributed by atoms with Gasteiger partial charge in [-0.3, -0.25) is 18.9 Å². The van der Waals surface area contributed by atoms with Crippen LogP contribution in [0, 0.1) is 0 Å². The van der Waals surface area contributed by atoms with Gasteiger partial charge in [-0.15, -0.1) is 0 Å². The maximum Gasteiger partial charge on any atom is 0.320 e. The maximum atomic E-state index is 10.6. The third kappa shape index (κ3) is 31.1. The Morgan fingerprint density at radius 1 is 1.18 bits per heavy atom. The van der Waals surface area contributed by atoms with Gasteiger partial charge in [0, 0.05) is 12.8 Å². The van der Waals surface area contributed by atoms with Crippen LogP contribution >= 0.6 is 7.37 Å². The third-order valence-corrected chi connectivity index (χ3v) is 2.76. The summed E-state index contributed by atoms with van der Waals surface area (Å²) in [5, 5.41) is 26.2. The summed E-state index contributed by atoms with van der Waals surface area (Å²) < 4.78 is 10.6.